The molecule has 1 aromatic carbocycles. The molecule has 0 amide bonds. The summed E-state index contributed by atoms with van der Waals surface area (Å²) in [5.74, 6) is -0.00825. The van der Waals surface area contributed by atoms with Crippen LogP contribution < -0.4 is 0 Å². The van der Waals surface area contributed by atoms with E-state index < -0.39 is 14.6 Å². The maximum atomic E-state index is 13.0. The Kier molecular flexibility index (Phi) is 4.47. The second-order valence-corrected chi connectivity index (χ2v) is 7.96. The number of carbonyl (C=O) groups excluding carboxylic acids is 1. The normalized spacial score (nSPS) is 22.1. The SMILES string of the molecule is CC(C)=CCC1(S(=O)(=O)c2ccccc2)C=CC(=O)CC1. The van der Waals surface area contributed by atoms with Crippen molar-refractivity contribution in [3.05, 3.63) is 54.1 Å². The van der Waals surface area contributed by atoms with Crippen LogP contribution in [0.3, 0.4) is 0 Å². The summed E-state index contributed by atoms with van der Waals surface area (Å²) in [6.07, 6.45) is 5.95. The average Bonchev–Trinajstić information content (AvgIpc) is 2.47. The highest BCUT2D eigenvalue weighted by atomic mass is 32.2. The molecule has 0 saturated carbocycles. The largest absolute Gasteiger partial charge is 0.295 e. The van der Waals surface area contributed by atoms with Gasteiger partial charge in [0.25, 0.3) is 0 Å². The van der Waals surface area contributed by atoms with E-state index >= 15 is 0 Å². The fourth-order valence-electron chi connectivity index (χ4n) is 2.46. The van der Waals surface area contributed by atoms with Gasteiger partial charge in [-0.3, -0.25) is 4.79 Å². The highest BCUT2D eigenvalue weighted by molar-refractivity contribution is 7.93. The minimum Gasteiger partial charge on any atom is -0.295 e. The van der Waals surface area contributed by atoms with Crippen molar-refractivity contribution in [2.75, 3.05) is 0 Å². The van der Waals surface area contributed by atoms with Gasteiger partial charge in [-0.25, -0.2) is 8.42 Å². The van der Waals surface area contributed by atoms with Crippen molar-refractivity contribution in [3.8, 4) is 0 Å². The van der Waals surface area contributed by atoms with E-state index in [9.17, 15) is 13.2 Å². The van der Waals surface area contributed by atoms with Crippen molar-refractivity contribution < 1.29 is 13.2 Å². The standard InChI is InChI=1S/C17H20O3S/c1-14(2)8-11-17(12-9-15(18)10-13-17)21(19,20)16-6-4-3-5-7-16/h3-9,12H,10-11,13H2,1-2H3. The van der Waals surface area contributed by atoms with E-state index in [0.717, 1.165) is 5.57 Å². The van der Waals surface area contributed by atoms with Crippen LogP contribution in [0.25, 0.3) is 0 Å². The molecule has 4 heteroatoms. The number of ketones is 1. The fraction of sp³-hybridized carbons (Fsp3) is 0.353. The molecule has 0 bridgehead atoms. The Labute approximate surface area is 126 Å². The zero-order chi connectivity index (χ0) is 15.5. The number of rotatable bonds is 4. The molecule has 0 radical (unpaired) electrons. The molecule has 1 aromatic rings. The van der Waals surface area contributed by atoms with Crippen LogP contribution in [-0.2, 0) is 14.6 Å². The van der Waals surface area contributed by atoms with Crippen LogP contribution in [-0.4, -0.2) is 18.9 Å². The van der Waals surface area contributed by atoms with Crippen LogP contribution in [0.15, 0.2) is 59.0 Å². The fourth-order valence-corrected chi connectivity index (χ4v) is 4.37. The third-order valence-electron chi connectivity index (χ3n) is 3.81. The van der Waals surface area contributed by atoms with Crippen molar-refractivity contribution in [3.63, 3.8) is 0 Å². The monoisotopic (exact) mass is 304 g/mol. The molecule has 3 nitrogen and oxygen atoms in total. The minimum atomic E-state index is -3.53. The van der Waals surface area contributed by atoms with Gasteiger partial charge in [-0.05, 0) is 44.9 Å². The highest BCUT2D eigenvalue weighted by Gasteiger charge is 2.43. The second-order valence-electron chi connectivity index (χ2n) is 5.67. The number of allylic oxidation sites excluding steroid dienone is 3. The predicted octanol–water partition coefficient (Wildman–Crippen LogP) is 3.47. The number of sulfone groups is 1. The van der Waals surface area contributed by atoms with Crippen LogP contribution >= 0.6 is 0 Å². The lowest BCUT2D eigenvalue weighted by molar-refractivity contribution is -0.115. The van der Waals surface area contributed by atoms with Gasteiger partial charge in [0.2, 0.25) is 0 Å². The molecule has 1 atom stereocenters. The van der Waals surface area contributed by atoms with Gasteiger partial charge in [0, 0.05) is 6.42 Å². The molecule has 0 aromatic heterocycles. The molecule has 0 heterocycles. The van der Waals surface area contributed by atoms with Crippen molar-refractivity contribution in [2.24, 2.45) is 0 Å². The maximum Gasteiger partial charge on any atom is 0.187 e. The maximum absolute atomic E-state index is 13.0. The van der Waals surface area contributed by atoms with E-state index in [4.69, 9.17) is 0 Å². The predicted molar refractivity (Wildman–Crippen MR) is 83.8 cm³/mol. The number of benzene rings is 1. The molecule has 1 aliphatic carbocycles. The summed E-state index contributed by atoms with van der Waals surface area (Å²) in [6, 6.07) is 8.47. The topological polar surface area (TPSA) is 51.2 Å². The molecule has 0 spiro atoms. The Balaban J connectivity index is 2.53. The summed E-state index contributed by atoms with van der Waals surface area (Å²) in [6.45, 7) is 3.89. The smallest absolute Gasteiger partial charge is 0.187 e. The first-order chi connectivity index (χ1) is 9.87. The lowest BCUT2D eigenvalue weighted by atomic mass is 9.90. The van der Waals surface area contributed by atoms with E-state index in [2.05, 4.69) is 0 Å². The van der Waals surface area contributed by atoms with Gasteiger partial charge < -0.3 is 0 Å². The molecule has 1 aliphatic rings. The number of hydrogen-bond donors (Lipinski definition) is 0. The molecule has 2 rings (SSSR count). The average molecular weight is 304 g/mol. The van der Waals surface area contributed by atoms with E-state index in [1.807, 2.05) is 19.9 Å². The van der Waals surface area contributed by atoms with Gasteiger partial charge in [0.1, 0.15) is 0 Å². The van der Waals surface area contributed by atoms with E-state index in [0.29, 0.717) is 17.7 Å². The second kappa shape index (κ2) is 5.98. The van der Waals surface area contributed by atoms with E-state index in [-0.39, 0.29) is 12.2 Å². The quantitative estimate of drug-likeness (QED) is 0.800. The van der Waals surface area contributed by atoms with E-state index in [1.165, 1.54) is 6.08 Å². The molecule has 0 N–H and O–H groups in total. The summed E-state index contributed by atoms with van der Waals surface area (Å²) >= 11 is 0. The number of carbonyl (C=O) groups is 1. The van der Waals surface area contributed by atoms with Crippen LogP contribution in [0.2, 0.25) is 0 Å². The zero-order valence-corrected chi connectivity index (χ0v) is 13.2. The zero-order valence-electron chi connectivity index (χ0n) is 12.4. The summed E-state index contributed by atoms with van der Waals surface area (Å²) in [7, 11) is -3.53. The molecule has 112 valence electrons. The van der Waals surface area contributed by atoms with Gasteiger partial charge >= 0.3 is 0 Å². The van der Waals surface area contributed by atoms with Gasteiger partial charge in [0.15, 0.2) is 15.6 Å². The Morgan fingerprint density at radius 3 is 2.43 bits per heavy atom. The highest BCUT2D eigenvalue weighted by Crippen LogP contribution is 2.37. The summed E-state index contributed by atoms with van der Waals surface area (Å²) in [5, 5.41) is 0. The van der Waals surface area contributed by atoms with E-state index in [1.54, 1.807) is 36.4 Å². The third kappa shape index (κ3) is 3.16. The first kappa shape index (κ1) is 15.7. The third-order valence-corrected chi connectivity index (χ3v) is 6.28. The van der Waals surface area contributed by atoms with Gasteiger partial charge in [-0.2, -0.15) is 0 Å². The molecular weight excluding hydrogens is 284 g/mol. The van der Waals surface area contributed by atoms with Crippen LogP contribution in [0.1, 0.15) is 33.1 Å². The van der Waals surface area contributed by atoms with Crippen molar-refractivity contribution in [2.45, 2.75) is 42.8 Å². The molecular formula is C17H20O3S. The van der Waals surface area contributed by atoms with Gasteiger partial charge in [-0.1, -0.05) is 35.9 Å². The molecule has 0 saturated heterocycles. The lowest BCUT2D eigenvalue weighted by Crippen LogP contribution is -2.39. The van der Waals surface area contributed by atoms with Crippen LogP contribution in [0.4, 0.5) is 0 Å². The molecule has 0 aliphatic heterocycles. The molecule has 0 fully saturated rings. The first-order valence-electron chi connectivity index (χ1n) is 7.02. The molecule has 21 heavy (non-hydrogen) atoms. The first-order valence-corrected chi connectivity index (χ1v) is 8.51. The van der Waals surface area contributed by atoms with Gasteiger partial charge in [-0.15, -0.1) is 0 Å². The minimum absolute atomic E-state index is 0.00825. The van der Waals surface area contributed by atoms with Crippen molar-refractivity contribution in [1.82, 2.24) is 0 Å². The van der Waals surface area contributed by atoms with Crippen LogP contribution in [0.5, 0.6) is 0 Å². The van der Waals surface area contributed by atoms with Crippen molar-refractivity contribution >= 4 is 15.6 Å². The summed E-state index contributed by atoms with van der Waals surface area (Å²) in [5.41, 5.74) is 1.07. The lowest BCUT2D eigenvalue weighted by Gasteiger charge is -2.31. The van der Waals surface area contributed by atoms with Crippen LogP contribution in [0, 0.1) is 0 Å². The van der Waals surface area contributed by atoms with Crippen molar-refractivity contribution in [1.29, 1.82) is 0 Å². The summed E-state index contributed by atoms with van der Waals surface area (Å²) in [4.78, 5) is 11.8. The number of hydrogen-bond acceptors (Lipinski definition) is 3. The Bertz CT molecular complexity index is 680. The Hall–Kier alpha value is -1.68. The molecule has 1 unspecified atom stereocenters. The Morgan fingerprint density at radius 2 is 1.90 bits per heavy atom. The Morgan fingerprint density at radius 1 is 1.24 bits per heavy atom. The van der Waals surface area contributed by atoms with Gasteiger partial charge in [0.05, 0.1) is 9.64 Å². The summed E-state index contributed by atoms with van der Waals surface area (Å²) < 4.78 is 25.1.